The molecule has 1 N–H and O–H groups in total. The van der Waals surface area contributed by atoms with Crippen molar-refractivity contribution in [2.24, 2.45) is 0 Å². The van der Waals surface area contributed by atoms with Gasteiger partial charge in [-0.25, -0.2) is 12.7 Å². The van der Waals surface area contributed by atoms with E-state index in [0.717, 1.165) is 9.87 Å². The third kappa shape index (κ3) is 6.31. The lowest BCUT2D eigenvalue weighted by Crippen LogP contribution is -2.27. The third-order valence-electron chi connectivity index (χ3n) is 5.31. The van der Waals surface area contributed by atoms with E-state index >= 15 is 0 Å². The number of ether oxygens (including phenoxy) is 1. The summed E-state index contributed by atoms with van der Waals surface area (Å²) in [5, 5.41) is 3.02. The number of hydrogen-bond donors (Lipinski definition) is 1. The Labute approximate surface area is 186 Å². The van der Waals surface area contributed by atoms with Crippen LogP contribution in [0.5, 0.6) is 5.75 Å². The minimum absolute atomic E-state index is 0.0820. The molecule has 31 heavy (non-hydrogen) atoms. The van der Waals surface area contributed by atoms with E-state index in [4.69, 9.17) is 4.74 Å². The highest BCUT2D eigenvalue weighted by Crippen LogP contribution is 2.26. The summed E-state index contributed by atoms with van der Waals surface area (Å²) in [5.74, 6) is 0.464. The molecule has 6 nitrogen and oxygen atoms in total. The summed E-state index contributed by atoms with van der Waals surface area (Å²) < 4.78 is 31.4. The van der Waals surface area contributed by atoms with Crippen molar-refractivity contribution >= 4 is 15.9 Å². The average molecular weight is 447 g/mol. The fourth-order valence-electron chi connectivity index (χ4n) is 3.24. The van der Waals surface area contributed by atoms with Gasteiger partial charge in [0, 0.05) is 20.5 Å². The number of nitrogens with zero attached hydrogens (tertiary/aromatic N) is 1. The van der Waals surface area contributed by atoms with Crippen LogP contribution >= 0.6 is 0 Å². The molecular weight excluding hydrogens is 412 g/mol. The van der Waals surface area contributed by atoms with Crippen LogP contribution in [0.4, 0.5) is 0 Å². The van der Waals surface area contributed by atoms with E-state index in [1.54, 1.807) is 12.1 Å². The molecule has 0 aliphatic heterocycles. The number of nitrogens with one attached hydrogen (secondary N) is 1. The zero-order chi connectivity index (χ0) is 23.4. The van der Waals surface area contributed by atoms with Gasteiger partial charge >= 0.3 is 0 Å². The van der Waals surface area contributed by atoms with E-state index in [-0.39, 0.29) is 28.7 Å². The van der Waals surface area contributed by atoms with Crippen molar-refractivity contribution in [3.05, 3.63) is 59.2 Å². The van der Waals surface area contributed by atoms with Crippen molar-refractivity contribution in [2.45, 2.75) is 56.9 Å². The van der Waals surface area contributed by atoms with Crippen molar-refractivity contribution in [3.8, 4) is 5.75 Å². The lowest BCUT2D eigenvalue weighted by molar-refractivity contribution is -0.121. The normalized spacial score (nSPS) is 13.2. The Morgan fingerprint density at radius 3 is 2.23 bits per heavy atom. The van der Waals surface area contributed by atoms with Crippen molar-refractivity contribution in [1.29, 1.82) is 0 Å². The van der Waals surface area contributed by atoms with Gasteiger partial charge in [0.15, 0.2) is 0 Å². The first-order chi connectivity index (χ1) is 14.4. The molecule has 0 saturated carbocycles. The van der Waals surface area contributed by atoms with E-state index in [0.29, 0.717) is 17.7 Å². The number of sulfonamides is 1. The molecule has 2 aromatic carbocycles. The predicted octanol–water partition coefficient (Wildman–Crippen LogP) is 4.05. The lowest BCUT2D eigenvalue weighted by Gasteiger charge is -2.21. The molecule has 0 spiro atoms. The van der Waals surface area contributed by atoms with Crippen LogP contribution in [-0.2, 0) is 26.7 Å². The van der Waals surface area contributed by atoms with Crippen LogP contribution in [0.25, 0.3) is 0 Å². The maximum Gasteiger partial charge on any atom is 0.242 e. The van der Waals surface area contributed by atoms with E-state index in [1.165, 1.54) is 32.8 Å². The molecule has 1 amide bonds. The highest BCUT2D eigenvalue weighted by molar-refractivity contribution is 7.89. The molecule has 170 valence electrons. The highest BCUT2D eigenvalue weighted by Gasteiger charge is 2.20. The molecule has 1 unspecified atom stereocenters. The molecular formula is C24H34N2O4S. The van der Waals surface area contributed by atoms with Gasteiger partial charge in [-0.15, -0.1) is 0 Å². The van der Waals surface area contributed by atoms with Crippen LogP contribution in [0.15, 0.2) is 47.4 Å². The Balaban J connectivity index is 2.06. The van der Waals surface area contributed by atoms with E-state index in [2.05, 4.69) is 38.2 Å². The minimum Gasteiger partial charge on any atom is -0.496 e. The topological polar surface area (TPSA) is 75.7 Å². The smallest absolute Gasteiger partial charge is 0.242 e. The van der Waals surface area contributed by atoms with Gasteiger partial charge in [0.05, 0.1) is 18.0 Å². The van der Waals surface area contributed by atoms with Crippen molar-refractivity contribution in [1.82, 2.24) is 9.62 Å². The second-order valence-corrected chi connectivity index (χ2v) is 11.1. The summed E-state index contributed by atoms with van der Waals surface area (Å²) in [7, 11) is 0.952. The Hall–Kier alpha value is -2.38. The summed E-state index contributed by atoms with van der Waals surface area (Å²) in [5.41, 5.74) is 3.05. The summed E-state index contributed by atoms with van der Waals surface area (Å²) in [6, 6.07) is 12.9. The molecule has 1 atom stereocenters. The third-order valence-corrected chi connectivity index (χ3v) is 7.12. The molecule has 0 radical (unpaired) electrons. The zero-order valence-electron chi connectivity index (χ0n) is 19.5. The van der Waals surface area contributed by atoms with Gasteiger partial charge in [-0.1, -0.05) is 45.0 Å². The number of rotatable bonds is 8. The number of carbonyl (C=O) groups is 1. The predicted molar refractivity (Wildman–Crippen MR) is 124 cm³/mol. The fraction of sp³-hybridized carbons (Fsp3) is 0.458. The van der Waals surface area contributed by atoms with Gasteiger partial charge in [0.25, 0.3) is 0 Å². The van der Waals surface area contributed by atoms with E-state index in [9.17, 15) is 13.2 Å². The lowest BCUT2D eigenvalue weighted by atomic mass is 9.86. The van der Waals surface area contributed by atoms with Crippen molar-refractivity contribution < 1.29 is 17.9 Å². The molecule has 0 heterocycles. The number of benzene rings is 2. The second-order valence-electron chi connectivity index (χ2n) is 8.92. The van der Waals surface area contributed by atoms with E-state index < -0.39 is 10.0 Å². The van der Waals surface area contributed by atoms with E-state index in [1.807, 2.05) is 19.1 Å². The van der Waals surface area contributed by atoms with Crippen LogP contribution in [0.3, 0.4) is 0 Å². The first kappa shape index (κ1) is 24.9. The summed E-state index contributed by atoms with van der Waals surface area (Å²) in [6.07, 6.45) is 0.605. The number of hydrogen-bond acceptors (Lipinski definition) is 4. The van der Waals surface area contributed by atoms with Gasteiger partial charge in [-0.3, -0.25) is 4.79 Å². The van der Waals surface area contributed by atoms with Crippen LogP contribution in [0.2, 0.25) is 0 Å². The molecule has 0 saturated heterocycles. The molecule has 0 aliphatic carbocycles. The Kier molecular flexibility index (Phi) is 7.89. The Bertz CT molecular complexity index is 1010. The van der Waals surface area contributed by atoms with Gasteiger partial charge < -0.3 is 10.1 Å². The Morgan fingerprint density at radius 2 is 1.71 bits per heavy atom. The van der Waals surface area contributed by atoms with Gasteiger partial charge in [-0.05, 0) is 53.6 Å². The Morgan fingerprint density at radius 1 is 1.10 bits per heavy atom. The van der Waals surface area contributed by atoms with Crippen LogP contribution in [0, 0.1) is 0 Å². The molecule has 0 fully saturated rings. The van der Waals surface area contributed by atoms with Crippen LogP contribution < -0.4 is 10.1 Å². The van der Waals surface area contributed by atoms with Gasteiger partial charge in [-0.2, -0.15) is 0 Å². The molecule has 0 bridgehead atoms. The largest absolute Gasteiger partial charge is 0.496 e. The quantitative estimate of drug-likeness (QED) is 0.664. The minimum atomic E-state index is -3.55. The first-order valence-electron chi connectivity index (χ1n) is 10.4. The van der Waals surface area contributed by atoms with Crippen molar-refractivity contribution in [3.63, 3.8) is 0 Å². The number of methoxy groups -OCH3 is 1. The molecule has 7 heteroatoms. The van der Waals surface area contributed by atoms with Crippen LogP contribution in [0.1, 0.15) is 56.8 Å². The second kappa shape index (κ2) is 9.83. The number of carbonyl (C=O) groups excluding carboxylic acids is 1. The molecule has 0 aliphatic rings. The fourth-order valence-corrected chi connectivity index (χ4v) is 4.19. The zero-order valence-corrected chi connectivity index (χ0v) is 20.3. The summed E-state index contributed by atoms with van der Waals surface area (Å²) >= 11 is 0. The number of aryl methyl sites for hydroxylation is 1. The maximum atomic E-state index is 12.5. The molecule has 2 rings (SSSR count). The summed E-state index contributed by atoms with van der Waals surface area (Å²) in [4.78, 5) is 12.7. The highest BCUT2D eigenvalue weighted by atomic mass is 32.2. The van der Waals surface area contributed by atoms with Gasteiger partial charge in [0.1, 0.15) is 5.75 Å². The van der Waals surface area contributed by atoms with Crippen LogP contribution in [-0.4, -0.2) is 39.8 Å². The average Bonchev–Trinajstić information content (AvgIpc) is 2.71. The molecule has 0 aromatic heterocycles. The van der Waals surface area contributed by atoms with Crippen molar-refractivity contribution in [2.75, 3.05) is 21.2 Å². The summed E-state index contributed by atoms with van der Waals surface area (Å²) in [6.45, 7) is 8.45. The SMILES string of the molecule is COc1ccc(S(=O)(=O)N(C)C)cc1CCC(=O)NC(C)c1ccc(C(C)(C)C)cc1. The standard InChI is InChI=1S/C24H34N2O4S/c1-17(18-8-11-20(12-9-18)24(2,3)4)25-23(27)15-10-19-16-21(13-14-22(19)30-7)31(28,29)26(5)6/h8-9,11-14,16-17H,10,15H2,1-7H3,(H,25,27). The first-order valence-corrected chi connectivity index (χ1v) is 11.8. The number of amides is 1. The maximum absolute atomic E-state index is 12.5. The monoisotopic (exact) mass is 446 g/mol. The van der Waals surface area contributed by atoms with Gasteiger partial charge in [0.2, 0.25) is 15.9 Å². The molecule has 2 aromatic rings.